The lowest BCUT2D eigenvalue weighted by atomic mass is 10.00. The average molecular weight is 290 g/mol. The van der Waals surface area contributed by atoms with Gasteiger partial charge in [-0.3, -0.25) is 4.90 Å². The molecule has 2 heterocycles. The number of hydrogen-bond donors (Lipinski definition) is 1. The molecule has 0 aromatic carbocycles. The highest BCUT2D eigenvalue weighted by Gasteiger charge is 2.31. The van der Waals surface area contributed by atoms with Crippen molar-refractivity contribution >= 4 is 5.82 Å². The van der Waals surface area contributed by atoms with Crippen molar-refractivity contribution in [3.05, 3.63) is 23.9 Å². The standard InChI is InChI=1S/C17H30N4/c1-14(2)11-18-12-15-7-6-8-16(19-15)21-10-9-20(5)17(3,4)13-21/h6-8,14,18H,9-13H2,1-5H3. The second-order valence-corrected chi connectivity index (χ2v) is 7.17. The smallest absolute Gasteiger partial charge is 0.128 e. The van der Waals surface area contributed by atoms with Gasteiger partial charge < -0.3 is 10.2 Å². The molecule has 0 atom stereocenters. The third kappa shape index (κ3) is 4.42. The minimum atomic E-state index is 0.200. The van der Waals surface area contributed by atoms with Gasteiger partial charge >= 0.3 is 0 Å². The fourth-order valence-corrected chi connectivity index (χ4v) is 2.67. The Morgan fingerprint density at radius 1 is 1.29 bits per heavy atom. The van der Waals surface area contributed by atoms with E-state index in [9.17, 15) is 0 Å². The summed E-state index contributed by atoms with van der Waals surface area (Å²) in [6.45, 7) is 14.1. The van der Waals surface area contributed by atoms with Gasteiger partial charge in [0.25, 0.3) is 0 Å². The van der Waals surface area contributed by atoms with E-state index in [2.05, 4.69) is 68.1 Å². The molecule has 1 aromatic heterocycles. The molecule has 118 valence electrons. The third-order valence-electron chi connectivity index (χ3n) is 4.29. The van der Waals surface area contributed by atoms with Gasteiger partial charge in [-0.1, -0.05) is 19.9 Å². The summed E-state index contributed by atoms with van der Waals surface area (Å²) in [5, 5.41) is 3.47. The summed E-state index contributed by atoms with van der Waals surface area (Å²) in [4.78, 5) is 9.67. The lowest BCUT2D eigenvalue weighted by molar-refractivity contribution is 0.138. The number of piperazine rings is 1. The molecule has 0 aliphatic carbocycles. The van der Waals surface area contributed by atoms with E-state index in [0.29, 0.717) is 5.92 Å². The second-order valence-electron chi connectivity index (χ2n) is 7.17. The summed E-state index contributed by atoms with van der Waals surface area (Å²) in [6.07, 6.45) is 0. The van der Waals surface area contributed by atoms with Gasteiger partial charge in [0, 0.05) is 31.7 Å². The van der Waals surface area contributed by atoms with E-state index in [4.69, 9.17) is 4.98 Å². The minimum absolute atomic E-state index is 0.200. The Balaban J connectivity index is 2.00. The maximum Gasteiger partial charge on any atom is 0.128 e. The minimum Gasteiger partial charge on any atom is -0.353 e. The van der Waals surface area contributed by atoms with Gasteiger partial charge in [0.15, 0.2) is 0 Å². The number of anilines is 1. The van der Waals surface area contributed by atoms with Gasteiger partial charge in [0.1, 0.15) is 5.82 Å². The SMILES string of the molecule is CC(C)CNCc1cccc(N2CCN(C)C(C)(C)C2)n1. The van der Waals surface area contributed by atoms with Crippen molar-refractivity contribution in [2.24, 2.45) is 5.92 Å². The van der Waals surface area contributed by atoms with Crippen LogP contribution in [0.25, 0.3) is 0 Å². The van der Waals surface area contributed by atoms with Gasteiger partial charge in [0.05, 0.1) is 5.69 Å². The maximum absolute atomic E-state index is 4.83. The van der Waals surface area contributed by atoms with Crippen LogP contribution in [0.4, 0.5) is 5.82 Å². The van der Waals surface area contributed by atoms with E-state index in [-0.39, 0.29) is 5.54 Å². The molecule has 1 aliphatic heterocycles. The van der Waals surface area contributed by atoms with Crippen LogP contribution in [0, 0.1) is 5.92 Å². The summed E-state index contributed by atoms with van der Waals surface area (Å²) in [7, 11) is 2.21. The number of nitrogens with one attached hydrogen (secondary N) is 1. The molecule has 0 saturated carbocycles. The fraction of sp³-hybridized carbons (Fsp3) is 0.706. The van der Waals surface area contributed by atoms with E-state index in [1.54, 1.807) is 0 Å². The van der Waals surface area contributed by atoms with Crippen molar-refractivity contribution < 1.29 is 0 Å². The van der Waals surface area contributed by atoms with Crippen LogP contribution in [-0.4, -0.2) is 48.6 Å². The van der Waals surface area contributed by atoms with Crippen molar-refractivity contribution in [1.82, 2.24) is 15.2 Å². The quantitative estimate of drug-likeness (QED) is 0.902. The van der Waals surface area contributed by atoms with Gasteiger partial charge in [-0.15, -0.1) is 0 Å². The van der Waals surface area contributed by atoms with Crippen LogP contribution in [0.15, 0.2) is 18.2 Å². The Morgan fingerprint density at radius 2 is 2.05 bits per heavy atom. The zero-order valence-corrected chi connectivity index (χ0v) is 14.2. The Bertz CT molecular complexity index is 456. The number of hydrogen-bond acceptors (Lipinski definition) is 4. The van der Waals surface area contributed by atoms with E-state index >= 15 is 0 Å². The van der Waals surface area contributed by atoms with Crippen LogP contribution in [0.3, 0.4) is 0 Å². The monoisotopic (exact) mass is 290 g/mol. The largest absolute Gasteiger partial charge is 0.353 e. The van der Waals surface area contributed by atoms with Gasteiger partial charge in [-0.2, -0.15) is 0 Å². The molecule has 0 unspecified atom stereocenters. The first-order chi connectivity index (χ1) is 9.88. The number of nitrogens with zero attached hydrogens (tertiary/aromatic N) is 3. The molecule has 0 bridgehead atoms. The molecular formula is C17H30N4. The van der Waals surface area contributed by atoms with Crippen LogP contribution in [0.2, 0.25) is 0 Å². The van der Waals surface area contributed by atoms with E-state index in [1.165, 1.54) is 0 Å². The highest BCUT2D eigenvalue weighted by molar-refractivity contribution is 5.40. The van der Waals surface area contributed by atoms with E-state index < -0.39 is 0 Å². The molecule has 1 aromatic rings. The lowest BCUT2D eigenvalue weighted by Crippen LogP contribution is -2.57. The number of pyridine rings is 1. The van der Waals surface area contributed by atoms with Crippen LogP contribution in [-0.2, 0) is 6.54 Å². The van der Waals surface area contributed by atoms with Crippen molar-refractivity contribution in [2.45, 2.75) is 39.8 Å². The van der Waals surface area contributed by atoms with Crippen molar-refractivity contribution in [3.63, 3.8) is 0 Å². The summed E-state index contributed by atoms with van der Waals surface area (Å²) >= 11 is 0. The van der Waals surface area contributed by atoms with Gasteiger partial charge in [0.2, 0.25) is 0 Å². The first-order valence-corrected chi connectivity index (χ1v) is 8.01. The zero-order chi connectivity index (χ0) is 15.5. The normalized spacial score (nSPS) is 19.2. The Morgan fingerprint density at radius 3 is 2.71 bits per heavy atom. The van der Waals surface area contributed by atoms with Crippen LogP contribution in [0.5, 0.6) is 0 Å². The van der Waals surface area contributed by atoms with Crippen molar-refractivity contribution in [3.8, 4) is 0 Å². The topological polar surface area (TPSA) is 31.4 Å². The van der Waals surface area contributed by atoms with Crippen LogP contribution >= 0.6 is 0 Å². The number of aromatic nitrogens is 1. The number of rotatable bonds is 5. The molecule has 4 nitrogen and oxygen atoms in total. The fourth-order valence-electron chi connectivity index (χ4n) is 2.67. The summed E-state index contributed by atoms with van der Waals surface area (Å²) in [5.74, 6) is 1.78. The first-order valence-electron chi connectivity index (χ1n) is 8.01. The summed E-state index contributed by atoms with van der Waals surface area (Å²) < 4.78 is 0. The molecule has 1 saturated heterocycles. The highest BCUT2D eigenvalue weighted by atomic mass is 15.3. The summed E-state index contributed by atoms with van der Waals surface area (Å²) in [6, 6.07) is 6.37. The average Bonchev–Trinajstić information content (AvgIpc) is 2.42. The summed E-state index contributed by atoms with van der Waals surface area (Å²) in [5.41, 5.74) is 1.33. The molecule has 1 N–H and O–H groups in total. The molecule has 1 aliphatic rings. The Hall–Kier alpha value is -1.13. The van der Waals surface area contributed by atoms with Gasteiger partial charge in [-0.25, -0.2) is 4.98 Å². The van der Waals surface area contributed by atoms with Crippen molar-refractivity contribution in [2.75, 3.05) is 38.1 Å². The molecular weight excluding hydrogens is 260 g/mol. The molecule has 4 heteroatoms. The maximum atomic E-state index is 4.83. The molecule has 0 spiro atoms. The predicted molar refractivity (Wildman–Crippen MR) is 89.7 cm³/mol. The van der Waals surface area contributed by atoms with E-state index in [0.717, 1.165) is 44.2 Å². The Labute approximate surface area is 129 Å². The van der Waals surface area contributed by atoms with E-state index in [1.807, 2.05) is 0 Å². The van der Waals surface area contributed by atoms with Crippen LogP contribution in [0.1, 0.15) is 33.4 Å². The van der Waals surface area contributed by atoms with Crippen molar-refractivity contribution in [1.29, 1.82) is 0 Å². The first kappa shape index (κ1) is 16.2. The zero-order valence-electron chi connectivity index (χ0n) is 14.2. The molecule has 0 amide bonds. The predicted octanol–water partition coefficient (Wildman–Crippen LogP) is 2.36. The second kappa shape index (κ2) is 6.75. The Kier molecular flexibility index (Phi) is 5.22. The third-order valence-corrected chi connectivity index (χ3v) is 4.29. The molecule has 21 heavy (non-hydrogen) atoms. The number of likely N-dealkylation sites (N-methyl/N-ethyl adjacent to an activating group) is 1. The highest BCUT2D eigenvalue weighted by Crippen LogP contribution is 2.23. The molecule has 2 rings (SSSR count). The van der Waals surface area contributed by atoms with Gasteiger partial charge in [-0.05, 0) is 45.5 Å². The van der Waals surface area contributed by atoms with Crippen LogP contribution < -0.4 is 10.2 Å². The molecule has 0 radical (unpaired) electrons. The lowest BCUT2D eigenvalue weighted by Gasteiger charge is -2.45. The molecule has 1 fully saturated rings.